The van der Waals surface area contributed by atoms with E-state index in [1.807, 2.05) is 0 Å². The quantitative estimate of drug-likeness (QED) is 0.603. The zero-order valence-electron chi connectivity index (χ0n) is 16.2. The van der Waals surface area contributed by atoms with Crippen LogP contribution in [0.4, 0.5) is 17.6 Å². The van der Waals surface area contributed by atoms with Gasteiger partial charge in [0.25, 0.3) is 11.8 Å². The third kappa shape index (κ3) is 5.19. The molecule has 162 valence electrons. The zero-order valence-corrected chi connectivity index (χ0v) is 16.2. The van der Waals surface area contributed by atoms with Crippen LogP contribution in [0.25, 0.3) is 0 Å². The van der Waals surface area contributed by atoms with Crippen LogP contribution < -0.4 is 20.1 Å². The summed E-state index contributed by atoms with van der Waals surface area (Å²) in [5.41, 5.74) is 0.763. The predicted molar refractivity (Wildman–Crippen MR) is 99.6 cm³/mol. The minimum Gasteiger partial charge on any atom is -0.497 e. The number of carbonyl (C=O) groups excluding carboxylic acids is 2. The van der Waals surface area contributed by atoms with Gasteiger partial charge in [-0.15, -0.1) is 0 Å². The topological polar surface area (TPSA) is 76.7 Å². The van der Waals surface area contributed by atoms with Crippen molar-refractivity contribution in [2.24, 2.45) is 0 Å². The molecule has 0 saturated heterocycles. The first-order valence-corrected chi connectivity index (χ1v) is 8.70. The van der Waals surface area contributed by atoms with Crippen molar-refractivity contribution in [3.05, 3.63) is 59.7 Å². The van der Waals surface area contributed by atoms with Crippen LogP contribution in [0, 0.1) is 0 Å². The molecule has 10 heteroatoms. The Morgan fingerprint density at radius 2 is 1.00 bits per heavy atom. The molecule has 2 rings (SSSR count). The summed E-state index contributed by atoms with van der Waals surface area (Å²) in [7, 11) is 2.86. The molecule has 2 N–H and O–H groups in total. The summed E-state index contributed by atoms with van der Waals surface area (Å²) in [6.45, 7) is -0.857. The number of methoxy groups -OCH3 is 2. The molecule has 30 heavy (non-hydrogen) atoms. The molecule has 0 bridgehead atoms. The third-order valence-corrected chi connectivity index (χ3v) is 4.19. The number of ether oxygens (including phenoxy) is 2. The van der Waals surface area contributed by atoms with Crippen molar-refractivity contribution in [3.63, 3.8) is 0 Å². The molecule has 0 aromatic heterocycles. The summed E-state index contributed by atoms with van der Waals surface area (Å²) in [6, 6.07) is 11.9. The van der Waals surface area contributed by atoms with Crippen molar-refractivity contribution in [1.29, 1.82) is 0 Å². The molecule has 0 aliphatic carbocycles. The van der Waals surface area contributed by atoms with Crippen LogP contribution >= 0.6 is 0 Å². The second-order valence-electron chi connectivity index (χ2n) is 6.21. The fourth-order valence-corrected chi connectivity index (χ4v) is 2.36. The molecular weight excluding hydrogens is 408 g/mol. The van der Waals surface area contributed by atoms with Gasteiger partial charge in [0, 0.05) is 13.1 Å². The van der Waals surface area contributed by atoms with Crippen molar-refractivity contribution in [1.82, 2.24) is 10.6 Å². The lowest BCUT2D eigenvalue weighted by Crippen LogP contribution is -2.59. The van der Waals surface area contributed by atoms with Gasteiger partial charge in [0.05, 0.1) is 14.2 Å². The van der Waals surface area contributed by atoms with E-state index >= 15 is 0 Å². The summed E-state index contributed by atoms with van der Waals surface area (Å²) in [4.78, 5) is 23.4. The molecular formula is C20H20F4N2O4. The van der Waals surface area contributed by atoms with E-state index in [1.54, 1.807) is 10.6 Å². The summed E-state index contributed by atoms with van der Waals surface area (Å²) in [5.74, 6) is -14.0. The van der Waals surface area contributed by atoms with Gasteiger partial charge in [-0.1, -0.05) is 24.3 Å². The molecule has 0 fully saturated rings. The SMILES string of the molecule is COc1ccc(CNC(=O)C(F)(F)C(F)(F)C(=O)NCc2ccc(OC)cc2)cc1. The van der Waals surface area contributed by atoms with Gasteiger partial charge in [0.2, 0.25) is 0 Å². The van der Waals surface area contributed by atoms with Gasteiger partial charge in [-0.25, -0.2) is 0 Å². The summed E-state index contributed by atoms with van der Waals surface area (Å²) < 4.78 is 66.0. The van der Waals surface area contributed by atoms with Crippen LogP contribution in [0.15, 0.2) is 48.5 Å². The minimum absolute atomic E-state index is 0.382. The van der Waals surface area contributed by atoms with Crippen molar-refractivity contribution in [3.8, 4) is 11.5 Å². The van der Waals surface area contributed by atoms with E-state index in [0.29, 0.717) is 22.6 Å². The predicted octanol–water partition coefficient (Wildman–Crippen LogP) is 2.91. The Morgan fingerprint density at radius 1 is 0.700 bits per heavy atom. The number of amides is 2. The summed E-state index contributed by atoms with van der Waals surface area (Å²) >= 11 is 0. The number of hydrogen-bond acceptors (Lipinski definition) is 4. The first-order chi connectivity index (χ1) is 14.1. The highest BCUT2D eigenvalue weighted by molar-refractivity contribution is 5.95. The first-order valence-electron chi connectivity index (χ1n) is 8.70. The maximum atomic E-state index is 14.0. The van der Waals surface area contributed by atoms with E-state index in [9.17, 15) is 27.2 Å². The highest BCUT2D eigenvalue weighted by Crippen LogP contribution is 2.35. The molecule has 2 amide bonds. The molecule has 2 aromatic rings. The number of nitrogens with one attached hydrogen (secondary N) is 2. The lowest BCUT2D eigenvalue weighted by atomic mass is 10.1. The molecule has 0 aliphatic rings. The molecule has 0 aliphatic heterocycles. The second kappa shape index (κ2) is 9.47. The van der Waals surface area contributed by atoms with Gasteiger partial charge >= 0.3 is 11.8 Å². The molecule has 0 saturated carbocycles. The van der Waals surface area contributed by atoms with Crippen LogP contribution in [0.2, 0.25) is 0 Å². The Hall–Kier alpha value is -3.30. The van der Waals surface area contributed by atoms with Crippen molar-refractivity contribution in [2.45, 2.75) is 24.9 Å². The fourth-order valence-electron chi connectivity index (χ4n) is 2.36. The highest BCUT2D eigenvalue weighted by Gasteiger charge is 2.66. The zero-order chi connectivity index (χ0) is 22.4. The lowest BCUT2D eigenvalue weighted by molar-refractivity contribution is -0.211. The van der Waals surface area contributed by atoms with Gasteiger partial charge in [-0.05, 0) is 35.4 Å². The minimum atomic E-state index is -5.25. The van der Waals surface area contributed by atoms with E-state index in [1.165, 1.54) is 62.8 Å². The maximum Gasteiger partial charge on any atom is 0.395 e. The van der Waals surface area contributed by atoms with Crippen molar-refractivity contribution < 1.29 is 36.6 Å². The van der Waals surface area contributed by atoms with Gasteiger partial charge in [0.1, 0.15) is 11.5 Å². The molecule has 6 nitrogen and oxygen atoms in total. The van der Waals surface area contributed by atoms with Gasteiger partial charge in [-0.2, -0.15) is 17.6 Å². The van der Waals surface area contributed by atoms with E-state index in [0.717, 1.165) is 0 Å². The molecule has 0 heterocycles. The van der Waals surface area contributed by atoms with E-state index in [-0.39, 0.29) is 0 Å². The molecule has 0 unspecified atom stereocenters. The van der Waals surface area contributed by atoms with Crippen LogP contribution in [-0.4, -0.2) is 37.9 Å². The Balaban J connectivity index is 1.97. The monoisotopic (exact) mass is 428 g/mol. The largest absolute Gasteiger partial charge is 0.497 e. The van der Waals surface area contributed by atoms with E-state index in [4.69, 9.17) is 9.47 Å². The third-order valence-electron chi connectivity index (χ3n) is 4.19. The molecule has 0 radical (unpaired) electrons. The summed E-state index contributed by atoms with van der Waals surface area (Å²) in [6.07, 6.45) is 0. The van der Waals surface area contributed by atoms with Crippen LogP contribution in [0.3, 0.4) is 0 Å². The number of rotatable bonds is 9. The van der Waals surface area contributed by atoms with Gasteiger partial charge in [-0.3, -0.25) is 9.59 Å². The number of benzene rings is 2. The van der Waals surface area contributed by atoms with Crippen LogP contribution in [-0.2, 0) is 22.7 Å². The Morgan fingerprint density at radius 3 is 1.27 bits per heavy atom. The van der Waals surface area contributed by atoms with Gasteiger partial charge in [0.15, 0.2) is 0 Å². The number of carbonyl (C=O) groups is 2. The maximum absolute atomic E-state index is 14.0. The normalized spacial score (nSPS) is 11.5. The Labute approximate surface area is 170 Å². The molecule has 0 atom stereocenters. The summed E-state index contributed by atoms with van der Waals surface area (Å²) in [5, 5.41) is 3.44. The van der Waals surface area contributed by atoms with Gasteiger partial charge < -0.3 is 20.1 Å². The van der Waals surface area contributed by atoms with Crippen LogP contribution in [0.1, 0.15) is 11.1 Å². The number of alkyl halides is 4. The average Bonchev–Trinajstić information content (AvgIpc) is 2.76. The highest BCUT2D eigenvalue weighted by atomic mass is 19.3. The van der Waals surface area contributed by atoms with E-state index in [2.05, 4.69) is 0 Å². The molecule has 0 spiro atoms. The number of halogens is 4. The van der Waals surface area contributed by atoms with Crippen molar-refractivity contribution >= 4 is 11.8 Å². The Bertz CT molecular complexity index is 798. The average molecular weight is 428 g/mol. The first kappa shape index (κ1) is 23.0. The van der Waals surface area contributed by atoms with Crippen molar-refractivity contribution in [2.75, 3.05) is 14.2 Å². The second-order valence-corrected chi connectivity index (χ2v) is 6.21. The van der Waals surface area contributed by atoms with E-state index < -0.39 is 36.7 Å². The standard InChI is InChI=1S/C20H20F4N2O4/c1-29-15-7-3-13(4-8-15)11-25-17(27)19(21,22)20(23,24)18(28)26-12-14-5-9-16(30-2)10-6-14/h3-10H,11-12H2,1-2H3,(H,25,27)(H,26,28). The lowest BCUT2D eigenvalue weighted by Gasteiger charge is -2.24. The fraction of sp³-hybridized carbons (Fsp3) is 0.300. The number of hydrogen-bond donors (Lipinski definition) is 2. The smallest absolute Gasteiger partial charge is 0.395 e. The Kier molecular flexibility index (Phi) is 7.25. The van der Waals surface area contributed by atoms with Crippen LogP contribution in [0.5, 0.6) is 11.5 Å². The molecule has 2 aromatic carbocycles.